The number of aryl methyl sites for hydroxylation is 1. The van der Waals surface area contributed by atoms with Gasteiger partial charge in [0.2, 0.25) is 0 Å². The maximum Gasteiger partial charge on any atom is 0.352 e. The Kier molecular flexibility index (Phi) is 3.62. The second-order valence-electron chi connectivity index (χ2n) is 4.77. The van der Waals surface area contributed by atoms with Crippen LogP contribution >= 0.6 is 11.3 Å². The van der Waals surface area contributed by atoms with E-state index in [4.69, 9.17) is 9.47 Å². The van der Waals surface area contributed by atoms with Crippen molar-refractivity contribution in [2.24, 2.45) is 7.05 Å². The highest BCUT2D eigenvalue weighted by molar-refractivity contribution is 7.22. The number of carbonyl (C=O) groups is 1. The maximum absolute atomic E-state index is 12.7. The molecular weight excluding hydrogens is 302 g/mol. The van der Waals surface area contributed by atoms with Crippen molar-refractivity contribution in [3.8, 4) is 5.75 Å². The summed E-state index contributed by atoms with van der Waals surface area (Å²) in [6.07, 6.45) is 0. The Bertz CT molecular complexity index is 939. The number of carbonyl (C=O) groups excluding carboxylic acids is 1. The first-order valence-electron chi connectivity index (χ1n) is 6.85. The molecule has 3 rings (SSSR count). The molecule has 0 saturated carbocycles. The van der Waals surface area contributed by atoms with Crippen molar-refractivity contribution >= 4 is 38.3 Å². The van der Waals surface area contributed by atoms with Gasteiger partial charge in [-0.2, -0.15) is 0 Å². The monoisotopic (exact) mass is 317 g/mol. The molecule has 0 radical (unpaired) electrons. The highest BCUT2D eigenvalue weighted by atomic mass is 32.1. The van der Waals surface area contributed by atoms with Gasteiger partial charge in [0.05, 0.1) is 23.9 Å². The molecule has 1 aromatic carbocycles. The molecule has 0 aliphatic rings. The fourth-order valence-electron chi connectivity index (χ4n) is 2.56. The first-order valence-corrected chi connectivity index (χ1v) is 7.67. The predicted octanol–water partition coefficient (Wildman–Crippen LogP) is 2.94. The zero-order valence-corrected chi connectivity index (χ0v) is 13.3. The minimum Gasteiger partial charge on any atom is -0.494 e. The summed E-state index contributed by atoms with van der Waals surface area (Å²) in [5.41, 5.74) is 0.636. The Morgan fingerprint density at radius 1 is 1.32 bits per heavy atom. The lowest BCUT2D eigenvalue weighted by atomic mass is 10.1. The predicted molar refractivity (Wildman–Crippen MR) is 87.1 cm³/mol. The number of methoxy groups -OCH3 is 1. The summed E-state index contributed by atoms with van der Waals surface area (Å²) in [7, 11) is 3.17. The molecule has 0 unspecified atom stereocenters. The molecule has 0 N–H and O–H groups in total. The summed E-state index contributed by atoms with van der Waals surface area (Å²) in [5, 5.41) is 1.34. The van der Waals surface area contributed by atoms with Crippen LogP contribution in [-0.2, 0) is 11.8 Å². The molecule has 0 fully saturated rings. The van der Waals surface area contributed by atoms with Gasteiger partial charge in [-0.25, -0.2) is 4.79 Å². The van der Waals surface area contributed by atoms with E-state index in [1.54, 1.807) is 18.5 Å². The van der Waals surface area contributed by atoms with E-state index in [0.29, 0.717) is 16.0 Å². The molecule has 3 aromatic rings. The number of ether oxygens (including phenoxy) is 2. The van der Waals surface area contributed by atoms with Crippen molar-refractivity contribution in [1.82, 2.24) is 4.57 Å². The Balaban J connectivity index is 2.48. The molecular formula is C16H15NO4S. The van der Waals surface area contributed by atoms with Crippen LogP contribution in [-0.4, -0.2) is 24.3 Å². The second-order valence-corrected chi connectivity index (χ2v) is 5.79. The molecule has 0 amide bonds. The van der Waals surface area contributed by atoms with E-state index in [1.807, 2.05) is 24.3 Å². The van der Waals surface area contributed by atoms with Gasteiger partial charge >= 0.3 is 5.97 Å². The minimum absolute atomic E-state index is 0.183. The molecule has 5 nitrogen and oxygen atoms in total. The van der Waals surface area contributed by atoms with Gasteiger partial charge in [0.15, 0.2) is 10.6 Å². The number of para-hydroxylation sites is 1. The van der Waals surface area contributed by atoms with Crippen LogP contribution in [0.25, 0.3) is 21.0 Å². The van der Waals surface area contributed by atoms with E-state index < -0.39 is 5.97 Å². The van der Waals surface area contributed by atoms with Gasteiger partial charge in [-0.15, -0.1) is 11.3 Å². The second kappa shape index (κ2) is 5.46. The zero-order chi connectivity index (χ0) is 15.9. The van der Waals surface area contributed by atoms with Gasteiger partial charge < -0.3 is 14.0 Å². The van der Waals surface area contributed by atoms with Gasteiger partial charge in [-0.1, -0.05) is 18.2 Å². The van der Waals surface area contributed by atoms with Gasteiger partial charge in [0.25, 0.3) is 5.56 Å². The van der Waals surface area contributed by atoms with E-state index in [2.05, 4.69) is 0 Å². The lowest BCUT2D eigenvalue weighted by Crippen LogP contribution is -2.17. The number of esters is 1. The largest absolute Gasteiger partial charge is 0.494 e. The first kappa shape index (κ1) is 14.6. The number of fused-ring (bicyclic) bond motifs is 3. The van der Waals surface area contributed by atoms with Gasteiger partial charge in [-0.05, 0) is 13.0 Å². The fraction of sp³-hybridized carbons (Fsp3) is 0.250. The molecule has 0 bridgehead atoms. The van der Waals surface area contributed by atoms with E-state index in [-0.39, 0.29) is 12.2 Å². The van der Waals surface area contributed by atoms with E-state index in [1.165, 1.54) is 18.4 Å². The molecule has 0 aliphatic carbocycles. The van der Waals surface area contributed by atoms with E-state index in [0.717, 1.165) is 15.6 Å². The van der Waals surface area contributed by atoms with Crippen molar-refractivity contribution in [1.29, 1.82) is 0 Å². The Morgan fingerprint density at radius 2 is 2.05 bits per heavy atom. The standard InChI is InChI=1S/C16H15NO4S/c1-4-21-16(19)14-12(20-3)11-13(22-14)9-7-5-6-8-10(9)17(2)15(11)18/h5-8H,4H2,1-3H3. The van der Waals surface area contributed by atoms with Crippen LogP contribution in [0.4, 0.5) is 0 Å². The maximum atomic E-state index is 12.7. The summed E-state index contributed by atoms with van der Waals surface area (Å²) in [6, 6.07) is 7.60. The lowest BCUT2D eigenvalue weighted by molar-refractivity contribution is 0.0529. The normalized spacial score (nSPS) is 11.0. The number of nitrogens with zero attached hydrogens (tertiary/aromatic N) is 1. The highest BCUT2D eigenvalue weighted by Crippen LogP contribution is 2.39. The smallest absolute Gasteiger partial charge is 0.352 e. The third-order valence-corrected chi connectivity index (χ3v) is 4.74. The number of benzene rings is 1. The van der Waals surface area contributed by atoms with Crippen molar-refractivity contribution in [3.63, 3.8) is 0 Å². The van der Waals surface area contributed by atoms with E-state index in [9.17, 15) is 9.59 Å². The third kappa shape index (κ3) is 1.99. The number of hydrogen-bond donors (Lipinski definition) is 0. The Hall–Kier alpha value is -2.34. The number of pyridine rings is 1. The fourth-order valence-corrected chi connectivity index (χ4v) is 3.75. The average molecular weight is 317 g/mol. The summed E-state index contributed by atoms with van der Waals surface area (Å²) in [5.74, 6) is -0.170. The zero-order valence-electron chi connectivity index (χ0n) is 12.5. The van der Waals surface area contributed by atoms with Crippen molar-refractivity contribution in [2.75, 3.05) is 13.7 Å². The van der Waals surface area contributed by atoms with Crippen molar-refractivity contribution in [3.05, 3.63) is 39.5 Å². The number of hydrogen-bond acceptors (Lipinski definition) is 5. The summed E-state index contributed by atoms with van der Waals surface area (Å²) >= 11 is 1.24. The lowest BCUT2D eigenvalue weighted by Gasteiger charge is -2.06. The molecule has 0 spiro atoms. The molecule has 22 heavy (non-hydrogen) atoms. The highest BCUT2D eigenvalue weighted by Gasteiger charge is 2.24. The number of thiophene rings is 1. The molecule has 114 valence electrons. The topological polar surface area (TPSA) is 57.5 Å². The van der Waals surface area contributed by atoms with Crippen LogP contribution in [0.5, 0.6) is 5.75 Å². The number of rotatable bonds is 3. The van der Waals surface area contributed by atoms with Crippen molar-refractivity contribution < 1.29 is 14.3 Å². The van der Waals surface area contributed by atoms with Crippen LogP contribution in [0, 0.1) is 0 Å². The quantitative estimate of drug-likeness (QED) is 0.697. The third-order valence-electron chi connectivity index (χ3n) is 3.56. The van der Waals surface area contributed by atoms with Gasteiger partial charge in [-0.3, -0.25) is 4.79 Å². The van der Waals surface area contributed by atoms with Gasteiger partial charge in [0.1, 0.15) is 5.39 Å². The Labute approximate surface area is 130 Å². The van der Waals surface area contributed by atoms with Crippen LogP contribution in [0.1, 0.15) is 16.6 Å². The summed E-state index contributed by atoms with van der Waals surface area (Å²) in [6.45, 7) is 2.01. The molecule has 0 atom stereocenters. The molecule has 2 heterocycles. The Morgan fingerprint density at radius 3 is 2.73 bits per heavy atom. The van der Waals surface area contributed by atoms with Gasteiger partial charge in [0, 0.05) is 12.4 Å². The SMILES string of the molecule is CCOC(=O)c1sc2c(c1OC)c(=O)n(C)c1ccccc21. The van der Waals surface area contributed by atoms with Crippen molar-refractivity contribution in [2.45, 2.75) is 6.92 Å². The number of aromatic nitrogens is 1. The molecule has 0 aliphatic heterocycles. The molecule has 6 heteroatoms. The van der Waals surface area contributed by atoms with E-state index >= 15 is 0 Å². The summed E-state index contributed by atoms with van der Waals surface area (Å²) < 4.78 is 12.7. The molecule has 0 saturated heterocycles. The molecule has 2 aromatic heterocycles. The van der Waals surface area contributed by atoms with Crippen LogP contribution in [0.15, 0.2) is 29.1 Å². The first-order chi connectivity index (χ1) is 10.6. The van der Waals surface area contributed by atoms with Crippen LogP contribution in [0.3, 0.4) is 0 Å². The van der Waals surface area contributed by atoms with Crippen LogP contribution in [0.2, 0.25) is 0 Å². The summed E-state index contributed by atoms with van der Waals surface area (Å²) in [4.78, 5) is 25.1. The minimum atomic E-state index is -0.466. The van der Waals surface area contributed by atoms with Crippen LogP contribution < -0.4 is 10.3 Å². The average Bonchev–Trinajstić information content (AvgIpc) is 2.92.